The van der Waals surface area contributed by atoms with Gasteiger partial charge in [-0.2, -0.15) is 0 Å². The molecule has 1 aromatic heterocycles. The molecule has 0 unspecified atom stereocenters. The van der Waals surface area contributed by atoms with E-state index in [1.165, 1.54) is 32.3 Å². The first-order chi connectivity index (χ1) is 24.6. The predicted octanol–water partition coefficient (Wildman–Crippen LogP) is 3.98. The van der Waals surface area contributed by atoms with Gasteiger partial charge in [0.05, 0.1) is 33.4 Å². The maximum absolute atomic E-state index is 14.4. The highest BCUT2D eigenvalue weighted by atomic mass is 16.6. The molecule has 0 radical (unpaired) electrons. The molecule has 14 heteroatoms. The minimum Gasteiger partial charge on any atom is -0.497 e. The fourth-order valence-electron chi connectivity index (χ4n) is 7.44. The smallest absolute Gasteiger partial charge is 0.408 e. The zero-order chi connectivity index (χ0) is 36.1. The van der Waals surface area contributed by atoms with E-state index in [0.29, 0.717) is 41.7 Å². The summed E-state index contributed by atoms with van der Waals surface area (Å²) in [7, 11) is 4.05. The maximum atomic E-state index is 14.4. The standard InChI is InChI=1S/C37H46N4O10/c1-47-24-15-16-26-28(17-24)38-29(34(44)48-2)19-31(26)50-25-18-30-32(42)40-37(35(45)49-3)20-22(37)11-7-5-4-6-8-14-27(33(43)41(30)21-25)39-36(46)51-23-12-9-10-13-23/h7,11,15-17,19,22-23,25,27,30H,4-6,8-10,12-14,18,20-21H2,1-3H3,(H,39,46)(H,40,42)/b11-7-/t22-,25-,27+,30+,37-/m1/s1. The molecule has 274 valence electrons. The molecule has 0 bridgehead atoms. The summed E-state index contributed by atoms with van der Waals surface area (Å²) in [6, 6.07) is 4.63. The third-order valence-corrected chi connectivity index (χ3v) is 10.3. The summed E-state index contributed by atoms with van der Waals surface area (Å²) in [5, 5.41) is 6.32. The number of alkyl carbamates (subject to hydrolysis) is 1. The number of allylic oxidation sites excluding steroid dienone is 1. The van der Waals surface area contributed by atoms with Gasteiger partial charge in [0.1, 0.15) is 41.3 Å². The largest absolute Gasteiger partial charge is 0.497 e. The maximum Gasteiger partial charge on any atom is 0.408 e. The molecule has 51 heavy (non-hydrogen) atoms. The SMILES string of the molecule is COC(=O)c1cc(O[C@@H]2C[C@H]3C(=O)N[C@]4(C(=O)OC)C[C@H]4/C=C\CCCCC[C@H](NC(=O)OC4CCCC4)C(=O)N3C2)c2ccc(OC)cc2n1. The number of amides is 3. The third-order valence-electron chi connectivity index (χ3n) is 10.3. The highest BCUT2D eigenvalue weighted by molar-refractivity contribution is 5.97. The number of nitrogens with one attached hydrogen (secondary N) is 2. The van der Waals surface area contributed by atoms with E-state index >= 15 is 0 Å². The summed E-state index contributed by atoms with van der Waals surface area (Å²) in [5.74, 6) is -1.62. The lowest BCUT2D eigenvalue weighted by molar-refractivity contribution is -0.148. The van der Waals surface area contributed by atoms with Crippen molar-refractivity contribution in [2.24, 2.45) is 5.92 Å². The lowest BCUT2D eigenvalue weighted by Crippen LogP contribution is -2.56. The topological polar surface area (TPSA) is 172 Å². The summed E-state index contributed by atoms with van der Waals surface area (Å²) in [4.78, 5) is 73.1. The number of carbonyl (C=O) groups is 5. The second-order valence-corrected chi connectivity index (χ2v) is 13.7. The van der Waals surface area contributed by atoms with E-state index in [0.717, 1.165) is 44.9 Å². The van der Waals surface area contributed by atoms with Gasteiger partial charge in [-0.15, -0.1) is 0 Å². The number of nitrogens with zero attached hydrogens (tertiary/aromatic N) is 2. The lowest BCUT2D eigenvalue weighted by Gasteiger charge is -2.29. The van der Waals surface area contributed by atoms with Gasteiger partial charge < -0.3 is 39.2 Å². The molecular formula is C37H46N4O10. The van der Waals surface area contributed by atoms with Gasteiger partial charge in [0.2, 0.25) is 11.8 Å². The van der Waals surface area contributed by atoms with Crippen LogP contribution >= 0.6 is 0 Å². The first-order valence-corrected chi connectivity index (χ1v) is 17.7. The number of carbonyl (C=O) groups excluding carboxylic acids is 5. The summed E-state index contributed by atoms with van der Waals surface area (Å²) >= 11 is 0. The summed E-state index contributed by atoms with van der Waals surface area (Å²) in [6.07, 6.45) is 9.85. The van der Waals surface area contributed by atoms with E-state index in [2.05, 4.69) is 15.6 Å². The molecule has 1 aromatic carbocycles. The van der Waals surface area contributed by atoms with Gasteiger partial charge in [0.15, 0.2) is 5.69 Å². The van der Waals surface area contributed by atoms with Crippen LogP contribution in [0.5, 0.6) is 11.5 Å². The molecule has 3 amide bonds. The second kappa shape index (κ2) is 15.6. The highest BCUT2D eigenvalue weighted by Gasteiger charge is 2.62. The number of methoxy groups -OCH3 is 3. The van der Waals surface area contributed by atoms with Crippen LogP contribution in [0.3, 0.4) is 0 Å². The van der Waals surface area contributed by atoms with E-state index in [9.17, 15) is 24.0 Å². The van der Waals surface area contributed by atoms with Crippen LogP contribution in [-0.4, -0.2) is 97.4 Å². The molecule has 3 fully saturated rings. The highest BCUT2D eigenvalue weighted by Crippen LogP contribution is 2.46. The fourth-order valence-corrected chi connectivity index (χ4v) is 7.44. The Kier molecular flexibility index (Phi) is 11.0. The molecule has 2 aliphatic carbocycles. The number of ether oxygens (including phenoxy) is 5. The third kappa shape index (κ3) is 7.89. The Labute approximate surface area is 296 Å². The van der Waals surface area contributed by atoms with Crippen LogP contribution in [0, 0.1) is 5.92 Å². The molecule has 14 nitrogen and oxygen atoms in total. The minimum absolute atomic E-state index is 0.00510. The van der Waals surface area contributed by atoms with E-state index in [-0.39, 0.29) is 30.7 Å². The number of hydrogen-bond acceptors (Lipinski definition) is 11. The average Bonchev–Trinajstić information content (AvgIpc) is 3.41. The fraction of sp³-hybridized carbons (Fsp3) is 0.568. The van der Waals surface area contributed by atoms with E-state index in [1.807, 2.05) is 12.2 Å². The van der Waals surface area contributed by atoms with Crippen molar-refractivity contribution in [3.63, 3.8) is 0 Å². The van der Waals surface area contributed by atoms with Crippen LogP contribution in [-0.2, 0) is 28.6 Å². The Bertz CT molecular complexity index is 1690. The van der Waals surface area contributed by atoms with Gasteiger partial charge in [0, 0.05) is 29.9 Å². The second-order valence-electron chi connectivity index (χ2n) is 13.7. The van der Waals surface area contributed by atoms with Crippen LogP contribution in [0.15, 0.2) is 36.4 Å². The number of benzene rings is 1. The molecule has 2 aromatic rings. The van der Waals surface area contributed by atoms with Gasteiger partial charge in [-0.05, 0) is 63.5 Å². The zero-order valence-electron chi connectivity index (χ0n) is 29.3. The van der Waals surface area contributed by atoms with Crippen molar-refractivity contribution in [3.8, 4) is 11.5 Å². The summed E-state index contributed by atoms with van der Waals surface area (Å²) in [5.41, 5.74) is -0.811. The van der Waals surface area contributed by atoms with Gasteiger partial charge in [-0.25, -0.2) is 19.4 Å². The van der Waals surface area contributed by atoms with Crippen LogP contribution in [0.4, 0.5) is 4.79 Å². The molecule has 4 aliphatic rings. The molecule has 0 spiro atoms. The number of esters is 2. The van der Waals surface area contributed by atoms with Crippen LogP contribution in [0.25, 0.3) is 10.9 Å². The van der Waals surface area contributed by atoms with E-state index in [4.69, 9.17) is 23.7 Å². The lowest BCUT2D eigenvalue weighted by atomic mass is 10.0. The Hall–Kier alpha value is -4.88. The quantitative estimate of drug-likeness (QED) is 0.242. The summed E-state index contributed by atoms with van der Waals surface area (Å²) in [6.45, 7) is -0.00510. The first-order valence-electron chi connectivity index (χ1n) is 17.7. The van der Waals surface area contributed by atoms with E-state index in [1.54, 1.807) is 18.2 Å². The molecule has 2 saturated carbocycles. The Morgan fingerprint density at radius 2 is 1.75 bits per heavy atom. The van der Waals surface area contributed by atoms with Crippen molar-refractivity contribution in [2.45, 2.75) is 100 Å². The van der Waals surface area contributed by atoms with Gasteiger partial charge in [-0.3, -0.25) is 9.59 Å². The number of aromatic nitrogens is 1. The monoisotopic (exact) mass is 706 g/mol. The van der Waals surface area contributed by atoms with Crippen molar-refractivity contribution < 1.29 is 47.7 Å². The van der Waals surface area contributed by atoms with Crippen molar-refractivity contribution in [2.75, 3.05) is 27.9 Å². The number of pyridine rings is 1. The average molecular weight is 707 g/mol. The zero-order valence-corrected chi connectivity index (χ0v) is 29.3. The van der Waals surface area contributed by atoms with Crippen molar-refractivity contribution in [3.05, 3.63) is 42.1 Å². The normalized spacial score (nSPS) is 27.5. The Balaban J connectivity index is 1.32. The molecule has 3 heterocycles. The predicted molar refractivity (Wildman–Crippen MR) is 183 cm³/mol. The van der Waals surface area contributed by atoms with Crippen molar-refractivity contribution >= 4 is 40.7 Å². The van der Waals surface area contributed by atoms with Gasteiger partial charge in [0.25, 0.3) is 0 Å². The number of hydrogen-bond donors (Lipinski definition) is 2. The first kappa shape index (κ1) is 35.9. The molecule has 2 N–H and O–H groups in total. The van der Waals surface area contributed by atoms with Gasteiger partial charge >= 0.3 is 18.0 Å². The minimum atomic E-state index is -1.24. The Morgan fingerprint density at radius 3 is 2.49 bits per heavy atom. The molecule has 1 saturated heterocycles. The number of fused-ring (bicyclic) bond motifs is 3. The van der Waals surface area contributed by atoms with E-state index < -0.39 is 53.6 Å². The number of rotatable bonds is 7. The Morgan fingerprint density at radius 1 is 0.961 bits per heavy atom. The molecule has 6 rings (SSSR count). The summed E-state index contributed by atoms with van der Waals surface area (Å²) < 4.78 is 27.5. The van der Waals surface area contributed by atoms with Crippen LogP contribution in [0.2, 0.25) is 0 Å². The van der Waals surface area contributed by atoms with Crippen molar-refractivity contribution in [1.29, 1.82) is 0 Å². The molecule has 2 aliphatic heterocycles. The molecule has 5 atom stereocenters. The van der Waals surface area contributed by atoms with Crippen molar-refractivity contribution in [1.82, 2.24) is 20.5 Å². The molecular weight excluding hydrogens is 660 g/mol. The van der Waals surface area contributed by atoms with Gasteiger partial charge in [-0.1, -0.05) is 25.0 Å². The van der Waals surface area contributed by atoms with Crippen LogP contribution in [0.1, 0.15) is 81.1 Å². The van der Waals surface area contributed by atoms with Crippen LogP contribution < -0.4 is 20.1 Å².